The summed E-state index contributed by atoms with van der Waals surface area (Å²) in [5.74, 6) is 1.18. The van der Waals surface area contributed by atoms with E-state index in [1.165, 1.54) is 46.2 Å². The van der Waals surface area contributed by atoms with Crippen molar-refractivity contribution in [3.8, 4) is 11.1 Å². The zero-order valence-corrected chi connectivity index (χ0v) is 20.1. The summed E-state index contributed by atoms with van der Waals surface area (Å²) < 4.78 is 0. The second-order valence-corrected chi connectivity index (χ2v) is 10.5. The Morgan fingerprint density at radius 1 is 0.971 bits per heavy atom. The molecule has 0 bridgehead atoms. The normalized spacial score (nSPS) is 27.9. The van der Waals surface area contributed by atoms with E-state index in [2.05, 4.69) is 79.7 Å². The number of fused-ring (bicyclic) bond motifs is 3. The van der Waals surface area contributed by atoms with Crippen molar-refractivity contribution in [2.75, 3.05) is 7.05 Å². The molecule has 174 valence electrons. The minimum atomic E-state index is -0.723. The maximum absolute atomic E-state index is 6.61. The standard InChI is InChI=1S/C30H33N3O/c1-21-7-6-10-24(17-21)25-11-12-26-20-29(30(27(26)19-25)32-28(31)33(2)34-30)15-13-23(14-16-29)18-22-8-4-3-5-9-22/h3-12,17,19,23H,13-16,18,20H2,1-2H3,(H2,31,32). The Hall–Kier alpha value is -3.11. The molecule has 3 aromatic rings. The molecule has 2 spiro atoms. The SMILES string of the molecule is Cc1cccc(-c2ccc3c(c2)C2(N=C(N)N(C)O2)C2(CCC(Cc4ccccc4)CC2)C3)c1. The Balaban J connectivity index is 1.35. The van der Waals surface area contributed by atoms with Crippen LogP contribution in [0.15, 0.2) is 77.8 Å². The number of hydrogen-bond acceptors (Lipinski definition) is 4. The van der Waals surface area contributed by atoms with Crippen molar-refractivity contribution in [1.29, 1.82) is 0 Å². The van der Waals surface area contributed by atoms with Crippen LogP contribution in [0.4, 0.5) is 0 Å². The van der Waals surface area contributed by atoms with Crippen molar-refractivity contribution in [2.45, 2.75) is 51.2 Å². The summed E-state index contributed by atoms with van der Waals surface area (Å²) in [6.07, 6.45) is 6.74. The van der Waals surface area contributed by atoms with Gasteiger partial charge in [0.1, 0.15) is 0 Å². The highest BCUT2D eigenvalue weighted by Gasteiger charge is 2.63. The van der Waals surface area contributed by atoms with Gasteiger partial charge < -0.3 is 5.73 Å². The summed E-state index contributed by atoms with van der Waals surface area (Å²) in [5, 5.41) is 1.67. The lowest BCUT2D eigenvalue weighted by atomic mass is 9.64. The summed E-state index contributed by atoms with van der Waals surface area (Å²) in [7, 11) is 1.88. The molecule has 3 aromatic carbocycles. The van der Waals surface area contributed by atoms with Gasteiger partial charge in [-0.2, -0.15) is 0 Å². The first kappa shape index (κ1) is 21.4. The van der Waals surface area contributed by atoms with E-state index in [4.69, 9.17) is 15.6 Å². The molecule has 2 N–H and O–H groups in total. The zero-order valence-electron chi connectivity index (χ0n) is 20.1. The van der Waals surface area contributed by atoms with Crippen LogP contribution >= 0.6 is 0 Å². The molecule has 1 saturated carbocycles. The van der Waals surface area contributed by atoms with Crippen LogP contribution in [0.3, 0.4) is 0 Å². The van der Waals surface area contributed by atoms with E-state index in [1.54, 1.807) is 5.06 Å². The van der Waals surface area contributed by atoms with Gasteiger partial charge in [-0.25, -0.2) is 14.9 Å². The van der Waals surface area contributed by atoms with E-state index in [1.807, 2.05) is 7.05 Å². The molecule has 1 atom stereocenters. The van der Waals surface area contributed by atoms with Gasteiger partial charge in [0.15, 0.2) is 0 Å². The van der Waals surface area contributed by atoms with Gasteiger partial charge in [0.2, 0.25) is 11.7 Å². The van der Waals surface area contributed by atoms with Crippen LogP contribution in [-0.2, 0) is 23.4 Å². The molecule has 0 radical (unpaired) electrons. The highest BCUT2D eigenvalue weighted by Crippen LogP contribution is 2.62. The molecule has 34 heavy (non-hydrogen) atoms. The van der Waals surface area contributed by atoms with Crippen LogP contribution < -0.4 is 5.73 Å². The molecule has 4 nitrogen and oxygen atoms in total. The number of guanidine groups is 1. The molecule has 6 rings (SSSR count). The molecule has 0 amide bonds. The van der Waals surface area contributed by atoms with Crippen LogP contribution in [0.25, 0.3) is 11.1 Å². The minimum Gasteiger partial charge on any atom is -0.368 e. The van der Waals surface area contributed by atoms with Gasteiger partial charge >= 0.3 is 0 Å². The van der Waals surface area contributed by atoms with E-state index in [9.17, 15) is 0 Å². The number of aliphatic imine (C=N–C) groups is 1. The van der Waals surface area contributed by atoms with E-state index in [-0.39, 0.29) is 5.41 Å². The third-order valence-electron chi connectivity index (χ3n) is 8.37. The highest BCUT2D eigenvalue weighted by atomic mass is 16.7. The number of rotatable bonds is 3. The van der Waals surface area contributed by atoms with Gasteiger partial charge in [0, 0.05) is 18.0 Å². The maximum Gasteiger partial charge on any atom is 0.220 e. The molecular weight excluding hydrogens is 418 g/mol. The first-order chi connectivity index (χ1) is 16.5. The number of hydrogen-bond donors (Lipinski definition) is 1. The zero-order chi connectivity index (χ0) is 23.3. The summed E-state index contributed by atoms with van der Waals surface area (Å²) >= 11 is 0. The Labute approximate surface area is 202 Å². The van der Waals surface area contributed by atoms with Crippen molar-refractivity contribution < 1.29 is 4.84 Å². The number of nitrogens with two attached hydrogens (primary N) is 1. The average Bonchev–Trinajstić information content (AvgIpc) is 3.29. The second-order valence-electron chi connectivity index (χ2n) is 10.5. The van der Waals surface area contributed by atoms with Crippen LogP contribution in [-0.4, -0.2) is 18.1 Å². The predicted octanol–water partition coefficient (Wildman–Crippen LogP) is 5.98. The van der Waals surface area contributed by atoms with E-state index in [0.717, 1.165) is 25.7 Å². The van der Waals surface area contributed by atoms with Gasteiger partial charge in [0.25, 0.3) is 0 Å². The fourth-order valence-electron chi connectivity index (χ4n) is 6.54. The number of aryl methyl sites for hydroxylation is 1. The lowest BCUT2D eigenvalue weighted by Gasteiger charge is -2.45. The van der Waals surface area contributed by atoms with E-state index in [0.29, 0.717) is 11.9 Å². The highest BCUT2D eigenvalue weighted by molar-refractivity contribution is 5.79. The molecular formula is C30H33N3O. The van der Waals surface area contributed by atoms with Gasteiger partial charge in [-0.3, -0.25) is 0 Å². The third kappa shape index (κ3) is 3.35. The molecule has 1 aliphatic heterocycles. The van der Waals surface area contributed by atoms with Gasteiger partial charge in [0.05, 0.1) is 0 Å². The molecule has 3 aliphatic rings. The van der Waals surface area contributed by atoms with E-state index >= 15 is 0 Å². The largest absolute Gasteiger partial charge is 0.368 e. The van der Waals surface area contributed by atoms with Crippen molar-refractivity contribution in [1.82, 2.24) is 5.06 Å². The first-order valence-electron chi connectivity index (χ1n) is 12.5. The quantitative estimate of drug-likeness (QED) is 0.533. The Kier molecular flexibility index (Phi) is 5.03. The Morgan fingerprint density at radius 3 is 2.44 bits per heavy atom. The number of nitrogens with zero attached hydrogens (tertiary/aromatic N) is 2. The molecule has 2 aliphatic carbocycles. The Morgan fingerprint density at radius 2 is 1.74 bits per heavy atom. The summed E-state index contributed by atoms with van der Waals surface area (Å²) in [5.41, 5.74) is 13.2. The smallest absolute Gasteiger partial charge is 0.220 e. The van der Waals surface area contributed by atoms with Crippen molar-refractivity contribution in [3.05, 3.63) is 95.1 Å². The van der Waals surface area contributed by atoms with Crippen LogP contribution in [0.1, 0.15) is 47.9 Å². The van der Waals surface area contributed by atoms with Crippen molar-refractivity contribution in [2.24, 2.45) is 22.1 Å². The molecule has 1 heterocycles. The van der Waals surface area contributed by atoms with Gasteiger partial charge in [-0.1, -0.05) is 72.3 Å². The molecule has 1 unspecified atom stereocenters. The summed E-state index contributed by atoms with van der Waals surface area (Å²) in [6.45, 7) is 2.14. The fourth-order valence-corrected chi connectivity index (χ4v) is 6.54. The number of hydroxylamine groups is 2. The van der Waals surface area contributed by atoms with Crippen molar-refractivity contribution in [3.63, 3.8) is 0 Å². The second kappa shape index (κ2) is 7.99. The van der Waals surface area contributed by atoms with Gasteiger partial charge in [-0.15, -0.1) is 0 Å². The minimum absolute atomic E-state index is 0.0525. The molecule has 0 saturated heterocycles. The molecule has 0 aromatic heterocycles. The Bertz CT molecular complexity index is 1240. The summed E-state index contributed by atoms with van der Waals surface area (Å²) in [4.78, 5) is 11.7. The van der Waals surface area contributed by atoms with E-state index < -0.39 is 5.72 Å². The maximum atomic E-state index is 6.61. The van der Waals surface area contributed by atoms with Crippen LogP contribution in [0.5, 0.6) is 0 Å². The lowest BCUT2D eigenvalue weighted by molar-refractivity contribution is -0.230. The first-order valence-corrected chi connectivity index (χ1v) is 12.5. The van der Waals surface area contributed by atoms with Crippen molar-refractivity contribution >= 4 is 5.96 Å². The predicted molar refractivity (Wildman–Crippen MR) is 137 cm³/mol. The van der Waals surface area contributed by atoms with Gasteiger partial charge in [-0.05, 0) is 79.7 Å². The topological polar surface area (TPSA) is 50.8 Å². The summed E-state index contributed by atoms with van der Waals surface area (Å²) in [6, 6.07) is 26.5. The van der Waals surface area contributed by atoms with Crippen LogP contribution in [0.2, 0.25) is 0 Å². The third-order valence-corrected chi connectivity index (χ3v) is 8.37. The lowest BCUT2D eigenvalue weighted by Crippen LogP contribution is -2.45. The fraction of sp³-hybridized carbons (Fsp3) is 0.367. The average molecular weight is 452 g/mol. The molecule has 1 fully saturated rings. The number of benzene rings is 3. The molecule has 4 heteroatoms. The monoisotopic (exact) mass is 451 g/mol. The van der Waals surface area contributed by atoms with Crippen LogP contribution in [0, 0.1) is 18.3 Å².